The van der Waals surface area contributed by atoms with Crippen LogP contribution in [0.15, 0.2) is 54.9 Å². The van der Waals surface area contributed by atoms with Gasteiger partial charge in [-0.05, 0) is 36.2 Å². The number of aromatic nitrogens is 3. The highest BCUT2D eigenvalue weighted by Crippen LogP contribution is 2.25. The molecule has 1 N–H and O–H groups in total. The fraction of sp³-hybridized carbons (Fsp3) is 0.118. The molecular formula is C17H14ClFN4. The second-order valence-electron chi connectivity index (χ2n) is 4.93. The van der Waals surface area contributed by atoms with E-state index < -0.39 is 0 Å². The molecule has 116 valence electrons. The third kappa shape index (κ3) is 3.81. The zero-order chi connectivity index (χ0) is 16.1. The Labute approximate surface area is 138 Å². The Morgan fingerprint density at radius 2 is 1.91 bits per heavy atom. The second-order valence-corrected chi connectivity index (χ2v) is 5.33. The van der Waals surface area contributed by atoms with Crippen LogP contribution in [0.3, 0.4) is 0 Å². The molecule has 1 aromatic carbocycles. The number of hydrogen-bond donors (Lipinski definition) is 1. The average molecular weight is 329 g/mol. The van der Waals surface area contributed by atoms with E-state index >= 15 is 0 Å². The molecule has 3 aromatic rings. The fourth-order valence-electron chi connectivity index (χ4n) is 2.17. The van der Waals surface area contributed by atoms with Crippen molar-refractivity contribution < 1.29 is 4.39 Å². The molecule has 2 heterocycles. The summed E-state index contributed by atoms with van der Waals surface area (Å²) >= 11 is 6.14. The van der Waals surface area contributed by atoms with E-state index in [1.54, 1.807) is 12.3 Å². The Morgan fingerprint density at radius 3 is 2.65 bits per heavy atom. The molecule has 0 amide bonds. The van der Waals surface area contributed by atoms with Crippen molar-refractivity contribution in [3.8, 4) is 11.3 Å². The molecule has 4 nitrogen and oxygen atoms in total. The highest BCUT2D eigenvalue weighted by atomic mass is 35.5. The number of nitrogens with one attached hydrogen (secondary N) is 1. The Morgan fingerprint density at radius 1 is 1.04 bits per heavy atom. The molecule has 0 aliphatic rings. The van der Waals surface area contributed by atoms with Crippen LogP contribution in [-0.2, 0) is 6.42 Å². The van der Waals surface area contributed by atoms with Crippen molar-refractivity contribution in [2.45, 2.75) is 6.42 Å². The Bertz CT molecular complexity index is 793. The lowest BCUT2D eigenvalue weighted by Gasteiger charge is -2.07. The molecule has 0 fully saturated rings. The number of halogens is 2. The van der Waals surface area contributed by atoms with Crippen LogP contribution in [0, 0.1) is 5.82 Å². The van der Waals surface area contributed by atoms with Crippen LogP contribution < -0.4 is 5.32 Å². The number of benzene rings is 1. The fourth-order valence-corrected chi connectivity index (χ4v) is 2.40. The number of pyridine rings is 1. The van der Waals surface area contributed by atoms with Gasteiger partial charge in [0.1, 0.15) is 11.6 Å². The van der Waals surface area contributed by atoms with E-state index in [9.17, 15) is 4.39 Å². The average Bonchev–Trinajstić information content (AvgIpc) is 2.58. The summed E-state index contributed by atoms with van der Waals surface area (Å²) in [5.74, 6) is 0.338. The van der Waals surface area contributed by atoms with E-state index in [0.29, 0.717) is 35.1 Å². The van der Waals surface area contributed by atoms with Crippen LogP contribution in [0.1, 0.15) is 5.56 Å². The van der Waals surface area contributed by atoms with E-state index in [4.69, 9.17) is 11.6 Å². The number of anilines is 1. The summed E-state index contributed by atoms with van der Waals surface area (Å²) in [5, 5.41) is 12.1. The summed E-state index contributed by atoms with van der Waals surface area (Å²) < 4.78 is 13.5. The van der Waals surface area contributed by atoms with Crippen molar-refractivity contribution in [2.75, 3.05) is 11.9 Å². The predicted octanol–water partition coefficient (Wildman–Crippen LogP) is 3.99. The first-order valence-electron chi connectivity index (χ1n) is 7.15. The minimum Gasteiger partial charge on any atom is -0.368 e. The quantitative estimate of drug-likeness (QED) is 0.769. The van der Waals surface area contributed by atoms with E-state index in [1.807, 2.05) is 36.4 Å². The van der Waals surface area contributed by atoms with Crippen molar-refractivity contribution in [2.24, 2.45) is 0 Å². The molecule has 0 bridgehead atoms. The molecule has 0 aliphatic carbocycles. The first-order chi connectivity index (χ1) is 11.2. The van der Waals surface area contributed by atoms with Gasteiger partial charge in [0.2, 0.25) is 0 Å². The number of rotatable bonds is 5. The summed E-state index contributed by atoms with van der Waals surface area (Å²) in [6.45, 7) is 0.557. The van der Waals surface area contributed by atoms with Crippen molar-refractivity contribution in [3.05, 3.63) is 71.3 Å². The van der Waals surface area contributed by atoms with Crippen LogP contribution in [0.5, 0.6) is 0 Å². The van der Waals surface area contributed by atoms with Crippen molar-refractivity contribution in [1.29, 1.82) is 0 Å². The number of nitrogens with zero attached hydrogens (tertiary/aromatic N) is 3. The first kappa shape index (κ1) is 15.4. The molecule has 0 radical (unpaired) electrons. The highest BCUT2D eigenvalue weighted by molar-refractivity contribution is 6.33. The van der Waals surface area contributed by atoms with Crippen LogP contribution in [-0.4, -0.2) is 21.7 Å². The summed E-state index contributed by atoms with van der Waals surface area (Å²) in [7, 11) is 0. The van der Waals surface area contributed by atoms with Gasteiger partial charge in [0.25, 0.3) is 0 Å². The topological polar surface area (TPSA) is 50.7 Å². The van der Waals surface area contributed by atoms with Crippen LogP contribution in [0.25, 0.3) is 11.3 Å². The van der Waals surface area contributed by atoms with E-state index in [0.717, 1.165) is 5.56 Å². The minimum atomic E-state index is -0.297. The third-order valence-electron chi connectivity index (χ3n) is 3.37. The van der Waals surface area contributed by atoms with Crippen LogP contribution >= 0.6 is 11.6 Å². The zero-order valence-corrected chi connectivity index (χ0v) is 13.0. The van der Waals surface area contributed by atoms with Gasteiger partial charge in [0, 0.05) is 18.3 Å². The van der Waals surface area contributed by atoms with Gasteiger partial charge < -0.3 is 5.32 Å². The molecule has 0 spiro atoms. The van der Waals surface area contributed by atoms with Gasteiger partial charge in [0.15, 0.2) is 0 Å². The van der Waals surface area contributed by atoms with E-state index in [1.165, 1.54) is 6.20 Å². The normalized spacial score (nSPS) is 10.5. The van der Waals surface area contributed by atoms with Crippen molar-refractivity contribution in [3.63, 3.8) is 0 Å². The van der Waals surface area contributed by atoms with Gasteiger partial charge in [-0.3, -0.25) is 4.98 Å². The lowest BCUT2D eigenvalue weighted by Crippen LogP contribution is -2.08. The Balaban J connectivity index is 1.62. The van der Waals surface area contributed by atoms with Crippen molar-refractivity contribution in [1.82, 2.24) is 15.2 Å². The van der Waals surface area contributed by atoms with Crippen LogP contribution in [0.4, 0.5) is 10.2 Å². The SMILES string of the molecule is Fc1cnccc1CCNc1ccc(-c2ccccc2Cl)nn1. The minimum absolute atomic E-state index is 0.297. The zero-order valence-electron chi connectivity index (χ0n) is 12.2. The van der Waals surface area contributed by atoms with Gasteiger partial charge in [-0.1, -0.05) is 29.8 Å². The van der Waals surface area contributed by atoms with Gasteiger partial charge in [-0.2, -0.15) is 0 Å². The molecule has 0 saturated carbocycles. The summed E-state index contributed by atoms with van der Waals surface area (Å²) in [5.41, 5.74) is 2.17. The molecule has 6 heteroatoms. The molecule has 0 aliphatic heterocycles. The lowest BCUT2D eigenvalue weighted by atomic mass is 10.1. The molecule has 3 rings (SSSR count). The molecule has 0 saturated heterocycles. The van der Waals surface area contributed by atoms with Gasteiger partial charge in [-0.15, -0.1) is 10.2 Å². The van der Waals surface area contributed by atoms with E-state index in [2.05, 4.69) is 20.5 Å². The summed E-state index contributed by atoms with van der Waals surface area (Å²) in [6, 6.07) is 12.8. The van der Waals surface area contributed by atoms with Gasteiger partial charge in [-0.25, -0.2) is 4.39 Å². The summed E-state index contributed by atoms with van der Waals surface area (Å²) in [4.78, 5) is 3.73. The third-order valence-corrected chi connectivity index (χ3v) is 3.70. The van der Waals surface area contributed by atoms with Crippen LogP contribution in [0.2, 0.25) is 5.02 Å². The molecule has 23 heavy (non-hydrogen) atoms. The lowest BCUT2D eigenvalue weighted by molar-refractivity contribution is 0.604. The maximum atomic E-state index is 13.5. The first-order valence-corrected chi connectivity index (χ1v) is 7.53. The smallest absolute Gasteiger partial charge is 0.148 e. The molecule has 0 unspecified atom stereocenters. The largest absolute Gasteiger partial charge is 0.368 e. The van der Waals surface area contributed by atoms with Crippen molar-refractivity contribution >= 4 is 17.4 Å². The molecule has 0 atom stereocenters. The Hall–Kier alpha value is -2.53. The number of hydrogen-bond acceptors (Lipinski definition) is 4. The molecular weight excluding hydrogens is 315 g/mol. The monoisotopic (exact) mass is 328 g/mol. The van der Waals surface area contributed by atoms with E-state index in [-0.39, 0.29) is 5.82 Å². The second kappa shape index (κ2) is 7.15. The van der Waals surface area contributed by atoms with Gasteiger partial charge >= 0.3 is 0 Å². The summed E-state index contributed by atoms with van der Waals surface area (Å²) in [6.07, 6.45) is 3.34. The Kier molecular flexibility index (Phi) is 4.78. The maximum absolute atomic E-state index is 13.5. The maximum Gasteiger partial charge on any atom is 0.148 e. The standard InChI is InChI=1S/C17H14ClFN4/c18-14-4-2-1-3-13(14)16-5-6-17(23-22-16)21-10-8-12-7-9-20-11-15(12)19/h1-7,9,11H,8,10H2,(H,21,23). The highest BCUT2D eigenvalue weighted by Gasteiger charge is 2.05. The van der Waals surface area contributed by atoms with Gasteiger partial charge in [0.05, 0.1) is 16.9 Å². The predicted molar refractivity (Wildman–Crippen MR) is 88.9 cm³/mol. The molecule has 2 aromatic heterocycles.